The Balaban J connectivity index is 2.25. The average Bonchev–Trinajstić information content (AvgIpc) is 2.71. The number of para-hydroxylation sites is 1. The lowest BCUT2D eigenvalue weighted by atomic mass is 10.2. The van der Waals surface area contributed by atoms with Crippen molar-refractivity contribution in [1.29, 1.82) is 0 Å². The number of nitrogen functional groups attached to an aromatic ring is 2. The van der Waals surface area contributed by atoms with Gasteiger partial charge in [-0.3, -0.25) is 4.79 Å². The molecule has 8 heteroatoms. The molecule has 0 aliphatic rings. The highest BCUT2D eigenvalue weighted by Gasteiger charge is 2.16. The summed E-state index contributed by atoms with van der Waals surface area (Å²) < 4.78 is 20.5. The lowest BCUT2D eigenvalue weighted by Crippen LogP contribution is -2.15. The summed E-state index contributed by atoms with van der Waals surface area (Å²) in [4.78, 5) is 11.7. The number of rotatable bonds is 2. The van der Waals surface area contributed by atoms with Gasteiger partial charge in [0.25, 0.3) is 5.91 Å². The van der Waals surface area contributed by atoms with Gasteiger partial charge in [0, 0.05) is 0 Å². The number of nitrogens with two attached hydrogens (primary N) is 2. The molecule has 2 aromatic rings. The Bertz CT molecular complexity index is 570. The third kappa shape index (κ3) is 2.16. The van der Waals surface area contributed by atoms with E-state index in [4.69, 9.17) is 11.5 Å². The van der Waals surface area contributed by atoms with Crippen LogP contribution in [0.3, 0.4) is 0 Å². The smallest absolute Gasteiger partial charge is 0.279 e. The molecule has 0 radical (unpaired) electrons. The molecule has 0 aliphatic carbocycles. The Morgan fingerprint density at radius 3 is 2.76 bits per heavy atom. The van der Waals surface area contributed by atoms with Crippen LogP contribution in [0.2, 0.25) is 0 Å². The number of carbonyl (C=O) groups is 1. The first-order chi connectivity index (χ1) is 8.09. The van der Waals surface area contributed by atoms with Gasteiger partial charge < -0.3 is 16.8 Å². The molecule has 1 heterocycles. The molecule has 0 bridgehead atoms. The van der Waals surface area contributed by atoms with Crippen molar-refractivity contribution in [2.24, 2.45) is 0 Å². The van der Waals surface area contributed by atoms with E-state index >= 15 is 0 Å². The van der Waals surface area contributed by atoms with E-state index in [2.05, 4.69) is 14.1 Å². The molecule has 5 N–H and O–H groups in total. The summed E-state index contributed by atoms with van der Waals surface area (Å²) >= 11 is 0.821. The fraction of sp³-hybridized carbons (Fsp3) is 0. The zero-order valence-corrected chi connectivity index (χ0v) is 9.29. The summed E-state index contributed by atoms with van der Waals surface area (Å²) in [6.07, 6.45) is 0. The second kappa shape index (κ2) is 4.34. The number of hydrogen-bond donors (Lipinski definition) is 3. The van der Waals surface area contributed by atoms with E-state index in [1.54, 1.807) is 0 Å². The average molecular weight is 253 g/mol. The molecular weight excluding hydrogens is 245 g/mol. The summed E-state index contributed by atoms with van der Waals surface area (Å²) in [6.45, 7) is 0. The maximum absolute atomic E-state index is 13.1. The molecule has 2 rings (SSSR count). The first-order valence-electron chi connectivity index (χ1n) is 4.53. The molecule has 88 valence electrons. The minimum Gasteiger partial charge on any atom is -0.395 e. The molecule has 6 nitrogen and oxygen atoms in total. The van der Waals surface area contributed by atoms with Crippen LogP contribution in [0.25, 0.3) is 0 Å². The van der Waals surface area contributed by atoms with Crippen molar-refractivity contribution >= 4 is 34.8 Å². The molecule has 1 aromatic heterocycles. The standard InChI is InChI=1S/C9H8FN5OS/c10-4-2-1-3-5(6(4)11)13-9(16)7-8(12)15-17-14-7/h1-3H,11H2,(H2,12,15)(H,13,16). The Labute approximate surface area is 99.8 Å². The van der Waals surface area contributed by atoms with Crippen LogP contribution in [-0.2, 0) is 0 Å². The molecule has 0 saturated carbocycles. The van der Waals surface area contributed by atoms with Gasteiger partial charge >= 0.3 is 0 Å². The van der Waals surface area contributed by atoms with E-state index in [0.717, 1.165) is 11.7 Å². The zero-order valence-electron chi connectivity index (χ0n) is 8.48. The summed E-state index contributed by atoms with van der Waals surface area (Å²) in [7, 11) is 0. The molecule has 0 fully saturated rings. The SMILES string of the molecule is Nc1nsnc1C(=O)Nc1cccc(F)c1N. The molecule has 0 saturated heterocycles. The van der Waals surface area contributed by atoms with Gasteiger partial charge in [-0.05, 0) is 12.1 Å². The Kier molecular flexibility index (Phi) is 2.88. The van der Waals surface area contributed by atoms with Crippen molar-refractivity contribution < 1.29 is 9.18 Å². The third-order valence-corrected chi connectivity index (χ3v) is 2.57. The van der Waals surface area contributed by atoms with E-state index < -0.39 is 11.7 Å². The van der Waals surface area contributed by atoms with E-state index in [1.165, 1.54) is 18.2 Å². The van der Waals surface area contributed by atoms with Gasteiger partial charge in [0.15, 0.2) is 11.5 Å². The van der Waals surface area contributed by atoms with Gasteiger partial charge in [0.1, 0.15) is 5.82 Å². The highest BCUT2D eigenvalue weighted by atomic mass is 32.1. The van der Waals surface area contributed by atoms with Gasteiger partial charge in [0.05, 0.1) is 23.1 Å². The summed E-state index contributed by atoms with van der Waals surface area (Å²) in [6, 6.07) is 4.11. The number of carbonyl (C=O) groups excluding carboxylic acids is 1. The van der Waals surface area contributed by atoms with Gasteiger partial charge in [-0.15, -0.1) is 0 Å². The van der Waals surface area contributed by atoms with Crippen molar-refractivity contribution in [1.82, 2.24) is 8.75 Å². The van der Waals surface area contributed by atoms with E-state index in [0.29, 0.717) is 0 Å². The first kappa shape index (κ1) is 11.3. The monoisotopic (exact) mass is 253 g/mol. The molecule has 0 atom stereocenters. The fourth-order valence-electron chi connectivity index (χ4n) is 1.18. The van der Waals surface area contributed by atoms with Crippen molar-refractivity contribution in [3.8, 4) is 0 Å². The molecule has 17 heavy (non-hydrogen) atoms. The van der Waals surface area contributed by atoms with Crippen molar-refractivity contribution in [2.45, 2.75) is 0 Å². The van der Waals surface area contributed by atoms with Crippen LogP contribution in [0.1, 0.15) is 10.5 Å². The highest BCUT2D eigenvalue weighted by Crippen LogP contribution is 2.22. The molecular formula is C9H8FN5OS. The van der Waals surface area contributed by atoms with Crippen LogP contribution < -0.4 is 16.8 Å². The highest BCUT2D eigenvalue weighted by molar-refractivity contribution is 6.99. The number of halogens is 1. The van der Waals surface area contributed by atoms with Crippen LogP contribution in [-0.4, -0.2) is 14.7 Å². The maximum Gasteiger partial charge on any atom is 0.279 e. The van der Waals surface area contributed by atoms with Gasteiger partial charge in [-0.1, -0.05) is 6.07 Å². The van der Waals surface area contributed by atoms with Crippen LogP contribution in [0, 0.1) is 5.82 Å². The number of amides is 1. The van der Waals surface area contributed by atoms with Crippen molar-refractivity contribution in [3.05, 3.63) is 29.7 Å². The number of benzene rings is 1. The second-order valence-corrected chi connectivity index (χ2v) is 3.68. The number of nitrogens with one attached hydrogen (secondary N) is 1. The van der Waals surface area contributed by atoms with Gasteiger partial charge in [-0.2, -0.15) is 8.75 Å². The Morgan fingerprint density at radius 2 is 2.12 bits per heavy atom. The summed E-state index contributed by atoms with van der Waals surface area (Å²) in [5.74, 6) is -1.15. The van der Waals surface area contributed by atoms with Crippen LogP contribution in [0.5, 0.6) is 0 Å². The molecule has 0 unspecified atom stereocenters. The number of anilines is 3. The molecule has 1 amide bonds. The predicted molar refractivity (Wildman–Crippen MR) is 63.1 cm³/mol. The minimum atomic E-state index is -0.604. The summed E-state index contributed by atoms with van der Waals surface area (Å²) in [5, 5.41) is 2.41. The molecule has 0 aliphatic heterocycles. The zero-order chi connectivity index (χ0) is 12.4. The van der Waals surface area contributed by atoms with E-state index in [-0.39, 0.29) is 22.9 Å². The second-order valence-electron chi connectivity index (χ2n) is 3.15. The van der Waals surface area contributed by atoms with Gasteiger partial charge in [0.2, 0.25) is 0 Å². The normalized spacial score (nSPS) is 10.2. The first-order valence-corrected chi connectivity index (χ1v) is 5.26. The molecule has 1 aromatic carbocycles. The number of aromatic nitrogens is 2. The minimum absolute atomic E-state index is 0.00124. The van der Waals surface area contributed by atoms with Crippen LogP contribution in [0.4, 0.5) is 21.6 Å². The van der Waals surface area contributed by atoms with E-state index in [9.17, 15) is 9.18 Å². The Hall–Kier alpha value is -2.22. The number of hydrogen-bond acceptors (Lipinski definition) is 6. The van der Waals surface area contributed by atoms with Crippen molar-refractivity contribution in [2.75, 3.05) is 16.8 Å². The third-order valence-electron chi connectivity index (χ3n) is 2.03. The largest absolute Gasteiger partial charge is 0.395 e. The summed E-state index contributed by atoms with van der Waals surface area (Å²) in [5.41, 5.74) is 10.9. The van der Waals surface area contributed by atoms with Crippen LogP contribution >= 0.6 is 11.7 Å². The lowest BCUT2D eigenvalue weighted by Gasteiger charge is -2.07. The Morgan fingerprint density at radius 1 is 1.35 bits per heavy atom. The van der Waals surface area contributed by atoms with E-state index in [1.807, 2.05) is 0 Å². The van der Waals surface area contributed by atoms with Gasteiger partial charge in [-0.25, -0.2) is 4.39 Å². The molecule has 0 spiro atoms. The quantitative estimate of drug-likeness (QED) is 0.694. The van der Waals surface area contributed by atoms with Crippen LogP contribution in [0.15, 0.2) is 18.2 Å². The lowest BCUT2D eigenvalue weighted by molar-refractivity contribution is 0.102. The fourth-order valence-corrected chi connectivity index (χ4v) is 1.65. The van der Waals surface area contributed by atoms with Crippen molar-refractivity contribution in [3.63, 3.8) is 0 Å². The topological polar surface area (TPSA) is 107 Å². The maximum atomic E-state index is 13.1. The number of nitrogens with zero attached hydrogens (tertiary/aromatic N) is 2. The predicted octanol–water partition coefficient (Wildman–Crippen LogP) is 1.09.